The molecular formula is C17H22N2. The van der Waals surface area contributed by atoms with Crippen molar-refractivity contribution in [2.45, 2.75) is 32.7 Å². The number of benzene rings is 1. The van der Waals surface area contributed by atoms with Gasteiger partial charge in [-0.1, -0.05) is 50.6 Å². The van der Waals surface area contributed by atoms with Gasteiger partial charge in [-0.25, -0.2) is 0 Å². The number of hydrogen-bond acceptors (Lipinski definition) is 2. The molecule has 1 atom stereocenters. The molecule has 2 rings (SSSR count). The van der Waals surface area contributed by atoms with E-state index in [1.807, 2.05) is 18.5 Å². The van der Waals surface area contributed by atoms with Gasteiger partial charge in [0.05, 0.1) is 6.04 Å². The highest BCUT2D eigenvalue weighted by Crippen LogP contribution is 2.21. The molecule has 0 spiro atoms. The van der Waals surface area contributed by atoms with Gasteiger partial charge in [0.1, 0.15) is 0 Å². The number of pyridine rings is 1. The minimum absolute atomic E-state index is 0.231. The van der Waals surface area contributed by atoms with Gasteiger partial charge in [0.25, 0.3) is 0 Å². The Morgan fingerprint density at radius 1 is 1.05 bits per heavy atom. The van der Waals surface area contributed by atoms with Crippen molar-refractivity contribution in [2.24, 2.45) is 0 Å². The highest BCUT2D eigenvalue weighted by atomic mass is 14.9. The van der Waals surface area contributed by atoms with E-state index in [1.54, 1.807) is 0 Å². The van der Waals surface area contributed by atoms with Crippen molar-refractivity contribution in [3.8, 4) is 0 Å². The van der Waals surface area contributed by atoms with Crippen LogP contribution in [0.2, 0.25) is 0 Å². The molecule has 0 saturated heterocycles. The normalized spacial score (nSPS) is 12.3. The van der Waals surface area contributed by atoms with Gasteiger partial charge in [0.15, 0.2) is 0 Å². The molecule has 0 aliphatic heterocycles. The highest BCUT2D eigenvalue weighted by molar-refractivity contribution is 5.32. The van der Waals surface area contributed by atoms with Crippen molar-refractivity contribution in [3.05, 3.63) is 65.5 Å². The van der Waals surface area contributed by atoms with E-state index in [0.29, 0.717) is 0 Å². The van der Waals surface area contributed by atoms with Crippen molar-refractivity contribution in [1.82, 2.24) is 10.3 Å². The first kappa shape index (κ1) is 13.8. The Balaban J connectivity index is 2.24. The lowest BCUT2D eigenvalue weighted by atomic mass is 9.98. The zero-order chi connectivity index (χ0) is 13.5. The number of aromatic nitrogens is 1. The number of nitrogens with zero attached hydrogens (tertiary/aromatic N) is 1. The monoisotopic (exact) mass is 254 g/mol. The standard InChI is InChI=1S/C17H22N2/c1-3-6-14-8-10-15(11-9-14)17(19-4-2)16-7-5-12-18-13-16/h5,7-13,17,19H,3-4,6H2,1-2H3. The van der Waals surface area contributed by atoms with Gasteiger partial charge in [0.2, 0.25) is 0 Å². The average Bonchev–Trinajstić information content (AvgIpc) is 2.47. The minimum atomic E-state index is 0.231. The predicted molar refractivity (Wildman–Crippen MR) is 80.2 cm³/mol. The van der Waals surface area contributed by atoms with Crippen LogP contribution in [0.25, 0.3) is 0 Å². The first-order chi connectivity index (χ1) is 9.35. The third kappa shape index (κ3) is 3.65. The predicted octanol–water partition coefficient (Wildman–Crippen LogP) is 3.73. The van der Waals surface area contributed by atoms with Crippen molar-refractivity contribution >= 4 is 0 Å². The fraction of sp³-hybridized carbons (Fsp3) is 0.353. The van der Waals surface area contributed by atoms with E-state index in [2.05, 4.69) is 54.5 Å². The molecule has 2 heteroatoms. The van der Waals surface area contributed by atoms with Crippen molar-refractivity contribution in [2.75, 3.05) is 6.54 Å². The van der Waals surface area contributed by atoms with Crippen LogP contribution in [0.4, 0.5) is 0 Å². The molecule has 0 aliphatic carbocycles. The second kappa shape index (κ2) is 7.05. The summed E-state index contributed by atoms with van der Waals surface area (Å²) in [5, 5.41) is 3.53. The smallest absolute Gasteiger partial charge is 0.0591 e. The maximum atomic E-state index is 4.22. The zero-order valence-electron chi connectivity index (χ0n) is 11.8. The summed E-state index contributed by atoms with van der Waals surface area (Å²) in [5.41, 5.74) is 3.93. The summed E-state index contributed by atoms with van der Waals surface area (Å²) < 4.78 is 0. The van der Waals surface area contributed by atoms with Gasteiger partial charge in [-0.15, -0.1) is 0 Å². The summed E-state index contributed by atoms with van der Waals surface area (Å²) in [6.45, 7) is 5.29. The maximum absolute atomic E-state index is 4.22. The quantitative estimate of drug-likeness (QED) is 0.849. The van der Waals surface area contributed by atoms with Crippen LogP contribution in [0.15, 0.2) is 48.8 Å². The van der Waals surface area contributed by atoms with Crippen molar-refractivity contribution in [1.29, 1.82) is 0 Å². The lowest BCUT2D eigenvalue weighted by molar-refractivity contribution is 0.628. The summed E-state index contributed by atoms with van der Waals surface area (Å²) >= 11 is 0. The third-order valence-corrected chi connectivity index (χ3v) is 3.28. The van der Waals surface area contributed by atoms with E-state index in [-0.39, 0.29) is 6.04 Å². The van der Waals surface area contributed by atoms with Gasteiger partial charge in [-0.2, -0.15) is 0 Å². The van der Waals surface area contributed by atoms with Crippen LogP contribution in [0.5, 0.6) is 0 Å². The van der Waals surface area contributed by atoms with Crippen LogP contribution in [0, 0.1) is 0 Å². The second-order valence-corrected chi connectivity index (χ2v) is 4.77. The highest BCUT2D eigenvalue weighted by Gasteiger charge is 2.12. The molecule has 1 aromatic carbocycles. The lowest BCUT2D eigenvalue weighted by Gasteiger charge is -2.18. The summed E-state index contributed by atoms with van der Waals surface area (Å²) in [6, 6.07) is 13.3. The van der Waals surface area contributed by atoms with Crippen LogP contribution >= 0.6 is 0 Å². The zero-order valence-corrected chi connectivity index (χ0v) is 11.8. The molecule has 19 heavy (non-hydrogen) atoms. The molecule has 2 aromatic rings. The molecule has 0 bridgehead atoms. The molecule has 1 N–H and O–H groups in total. The Kier molecular flexibility index (Phi) is 5.10. The third-order valence-electron chi connectivity index (χ3n) is 3.28. The Morgan fingerprint density at radius 3 is 2.42 bits per heavy atom. The summed E-state index contributed by atoms with van der Waals surface area (Å²) in [5.74, 6) is 0. The topological polar surface area (TPSA) is 24.9 Å². The molecule has 0 amide bonds. The van der Waals surface area contributed by atoms with E-state index < -0.39 is 0 Å². The van der Waals surface area contributed by atoms with Crippen LogP contribution < -0.4 is 5.32 Å². The fourth-order valence-electron chi connectivity index (χ4n) is 2.34. The van der Waals surface area contributed by atoms with E-state index in [0.717, 1.165) is 13.0 Å². The molecule has 0 radical (unpaired) electrons. The average molecular weight is 254 g/mol. The molecule has 100 valence electrons. The number of rotatable bonds is 6. The molecule has 1 unspecified atom stereocenters. The van der Waals surface area contributed by atoms with Gasteiger partial charge >= 0.3 is 0 Å². The molecule has 1 aromatic heterocycles. The largest absolute Gasteiger partial charge is 0.306 e. The summed E-state index contributed by atoms with van der Waals surface area (Å²) in [4.78, 5) is 4.22. The first-order valence-corrected chi connectivity index (χ1v) is 7.07. The van der Waals surface area contributed by atoms with Gasteiger partial charge in [0, 0.05) is 12.4 Å². The van der Waals surface area contributed by atoms with Crippen LogP contribution in [0.3, 0.4) is 0 Å². The number of hydrogen-bond donors (Lipinski definition) is 1. The maximum Gasteiger partial charge on any atom is 0.0591 e. The SMILES string of the molecule is CCCc1ccc(C(NCC)c2cccnc2)cc1. The molecule has 1 heterocycles. The van der Waals surface area contributed by atoms with E-state index in [4.69, 9.17) is 0 Å². The number of aryl methyl sites for hydroxylation is 1. The summed E-state index contributed by atoms with van der Waals surface area (Å²) in [6.07, 6.45) is 6.10. The Labute approximate surface area is 115 Å². The Morgan fingerprint density at radius 2 is 1.84 bits per heavy atom. The molecule has 2 nitrogen and oxygen atoms in total. The fourth-order valence-corrected chi connectivity index (χ4v) is 2.34. The minimum Gasteiger partial charge on any atom is -0.306 e. The Bertz CT molecular complexity index is 476. The Hall–Kier alpha value is -1.67. The van der Waals surface area contributed by atoms with Crippen LogP contribution in [-0.4, -0.2) is 11.5 Å². The van der Waals surface area contributed by atoms with E-state index in [9.17, 15) is 0 Å². The van der Waals surface area contributed by atoms with E-state index in [1.165, 1.54) is 23.1 Å². The van der Waals surface area contributed by atoms with Crippen LogP contribution in [-0.2, 0) is 6.42 Å². The molecule has 0 saturated carbocycles. The number of nitrogens with one attached hydrogen (secondary N) is 1. The lowest BCUT2D eigenvalue weighted by Crippen LogP contribution is -2.22. The van der Waals surface area contributed by atoms with Gasteiger partial charge in [-0.05, 0) is 35.7 Å². The summed E-state index contributed by atoms with van der Waals surface area (Å²) in [7, 11) is 0. The van der Waals surface area contributed by atoms with Gasteiger partial charge in [-0.3, -0.25) is 4.98 Å². The second-order valence-electron chi connectivity index (χ2n) is 4.77. The molecular weight excluding hydrogens is 232 g/mol. The van der Waals surface area contributed by atoms with Crippen molar-refractivity contribution in [3.63, 3.8) is 0 Å². The first-order valence-electron chi connectivity index (χ1n) is 7.07. The molecule has 0 aliphatic rings. The van der Waals surface area contributed by atoms with Crippen molar-refractivity contribution < 1.29 is 0 Å². The van der Waals surface area contributed by atoms with Gasteiger partial charge < -0.3 is 5.32 Å². The molecule has 0 fully saturated rings. The van der Waals surface area contributed by atoms with Crippen LogP contribution in [0.1, 0.15) is 43.0 Å². The van der Waals surface area contributed by atoms with E-state index >= 15 is 0 Å².